The lowest BCUT2D eigenvalue weighted by Crippen LogP contribution is -2.52. The normalized spacial score (nSPS) is 28.9. The van der Waals surface area contributed by atoms with Gasteiger partial charge in [-0.25, -0.2) is 4.39 Å². The number of hydrogen-bond acceptors (Lipinski definition) is 5. The zero-order chi connectivity index (χ0) is 20.8. The minimum absolute atomic E-state index is 0.0223. The van der Waals surface area contributed by atoms with Crippen LogP contribution in [0.2, 0.25) is 0 Å². The van der Waals surface area contributed by atoms with Crippen LogP contribution in [0.1, 0.15) is 63.5 Å². The first kappa shape index (κ1) is 19.7. The Morgan fingerprint density at radius 3 is 2.63 bits per heavy atom. The molecule has 0 spiro atoms. The maximum Gasteiger partial charge on any atom is 0.235 e. The van der Waals surface area contributed by atoms with Crippen molar-refractivity contribution in [1.82, 2.24) is 15.0 Å². The molecule has 3 fully saturated rings. The van der Waals surface area contributed by atoms with Gasteiger partial charge >= 0.3 is 0 Å². The maximum absolute atomic E-state index is 13.6. The third-order valence-corrected chi connectivity index (χ3v) is 7.26. The van der Waals surface area contributed by atoms with Crippen LogP contribution in [0.4, 0.5) is 4.39 Å². The number of rotatable bonds is 4. The van der Waals surface area contributed by atoms with E-state index in [0.717, 1.165) is 57.0 Å². The minimum Gasteiger partial charge on any atom is -0.356 e. The standard InChI is InChI=1S/C23H28FN3O3/c1-2-19(26-11-4-3-5-12-26)27-22(28)17-8-6-7-16(20(17)23(27)29)21-15-10-9-14(24)13-18(15)30-25-21/h9-10,13,16-17,19-20H,2-8,11-12H2,1H3. The van der Waals surface area contributed by atoms with E-state index in [0.29, 0.717) is 11.3 Å². The fourth-order valence-corrected chi connectivity index (χ4v) is 5.89. The average molecular weight is 413 g/mol. The SMILES string of the molecule is CCC(N1CCCCC1)N1C(=O)C2CCCC(c3noc4cc(F)ccc34)C2C1=O. The summed E-state index contributed by atoms with van der Waals surface area (Å²) < 4.78 is 19.0. The molecule has 6 nitrogen and oxygen atoms in total. The number of benzene rings is 1. The monoisotopic (exact) mass is 413 g/mol. The van der Waals surface area contributed by atoms with Crippen LogP contribution < -0.4 is 0 Å². The Kier molecular flexibility index (Phi) is 5.09. The second kappa shape index (κ2) is 7.76. The van der Waals surface area contributed by atoms with Crippen LogP contribution in [0.3, 0.4) is 0 Å². The van der Waals surface area contributed by atoms with Gasteiger partial charge in [-0.15, -0.1) is 0 Å². The summed E-state index contributed by atoms with van der Waals surface area (Å²) >= 11 is 0. The van der Waals surface area contributed by atoms with Crippen LogP contribution in [0.5, 0.6) is 0 Å². The van der Waals surface area contributed by atoms with E-state index in [1.165, 1.54) is 18.6 Å². The third kappa shape index (κ3) is 3.06. The van der Waals surface area contributed by atoms with Crippen molar-refractivity contribution in [2.24, 2.45) is 11.8 Å². The molecule has 2 aliphatic heterocycles. The van der Waals surface area contributed by atoms with Gasteiger partial charge in [0.1, 0.15) is 5.82 Å². The molecule has 1 aromatic heterocycles. The van der Waals surface area contributed by atoms with Crippen molar-refractivity contribution in [2.75, 3.05) is 13.1 Å². The van der Waals surface area contributed by atoms with Gasteiger partial charge in [0.25, 0.3) is 0 Å². The number of fused-ring (bicyclic) bond motifs is 2. The van der Waals surface area contributed by atoms with E-state index in [-0.39, 0.29) is 35.6 Å². The molecule has 5 rings (SSSR count). The summed E-state index contributed by atoms with van der Waals surface area (Å²) in [7, 11) is 0. The summed E-state index contributed by atoms with van der Waals surface area (Å²) in [6.45, 7) is 3.93. The highest BCUT2D eigenvalue weighted by Gasteiger charge is 2.55. The Balaban J connectivity index is 1.49. The summed E-state index contributed by atoms with van der Waals surface area (Å²) in [6.07, 6.45) is 6.42. The van der Waals surface area contributed by atoms with E-state index >= 15 is 0 Å². The van der Waals surface area contributed by atoms with Crippen molar-refractivity contribution >= 4 is 22.8 Å². The number of aromatic nitrogens is 1. The van der Waals surface area contributed by atoms with Crippen LogP contribution in [-0.4, -0.2) is 46.0 Å². The Morgan fingerprint density at radius 1 is 1.10 bits per heavy atom. The first-order valence-corrected chi connectivity index (χ1v) is 11.3. The number of imide groups is 1. The highest BCUT2D eigenvalue weighted by molar-refractivity contribution is 6.06. The average Bonchev–Trinajstić information content (AvgIpc) is 3.29. The van der Waals surface area contributed by atoms with Crippen LogP contribution in [0.15, 0.2) is 22.7 Å². The van der Waals surface area contributed by atoms with Gasteiger partial charge in [-0.2, -0.15) is 0 Å². The molecule has 2 aromatic rings. The summed E-state index contributed by atoms with van der Waals surface area (Å²) in [5.41, 5.74) is 1.08. The van der Waals surface area contributed by atoms with E-state index < -0.39 is 5.92 Å². The number of nitrogens with zero attached hydrogens (tertiary/aromatic N) is 3. The van der Waals surface area contributed by atoms with Gasteiger partial charge in [-0.3, -0.25) is 19.4 Å². The Labute approximate surface area is 175 Å². The van der Waals surface area contributed by atoms with Crippen molar-refractivity contribution in [3.05, 3.63) is 29.7 Å². The molecule has 30 heavy (non-hydrogen) atoms. The van der Waals surface area contributed by atoms with Crippen molar-refractivity contribution < 1.29 is 18.5 Å². The fraction of sp³-hybridized carbons (Fsp3) is 0.609. The molecule has 0 N–H and O–H groups in total. The van der Waals surface area contributed by atoms with E-state index in [2.05, 4.69) is 17.0 Å². The lowest BCUT2D eigenvalue weighted by atomic mass is 9.71. The topological polar surface area (TPSA) is 66.7 Å². The second-order valence-electron chi connectivity index (χ2n) is 8.91. The number of likely N-dealkylation sites (tertiary alicyclic amines) is 2. The highest BCUT2D eigenvalue weighted by atomic mass is 19.1. The van der Waals surface area contributed by atoms with Crippen molar-refractivity contribution in [3.8, 4) is 0 Å². The zero-order valence-electron chi connectivity index (χ0n) is 17.3. The van der Waals surface area contributed by atoms with Gasteiger partial charge < -0.3 is 4.52 Å². The predicted molar refractivity (Wildman–Crippen MR) is 109 cm³/mol. The molecule has 4 atom stereocenters. The fourth-order valence-electron chi connectivity index (χ4n) is 5.89. The molecular formula is C23H28FN3O3. The number of halogens is 1. The van der Waals surface area contributed by atoms with Gasteiger partial charge in [0.2, 0.25) is 11.8 Å². The van der Waals surface area contributed by atoms with Gasteiger partial charge in [-0.1, -0.05) is 24.9 Å². The van der Waals surface area contributed by atoms with Crippen LogP contribution in [-0.2, 0) is 9.59 Å². The second-order valence-corrected chi connectivity index (χ2v) is 8.91. The van der Waals surface area contributed by atoms with E-state index in [1.807, 2.05) is 0 Å². The highest BCUT2D eigenvalue weighted by Crippen LogP contribution is 2.48. The smallest absolute Gasteiger partial charge is 0.235 e. The number of amides is 2. The lowest BCUT2D eigenvalue weighted by molar-refractivity contribution is -0.148. The predicted octanol–water partition coefficient (Wildman–Crippen LogP) is 4.06. The molecule has 1 saturated carbocycles. The van der Waals surface area contributed by atoms with Crippen molar-refractivity contribution in [3.63, 3.8) is 0 Å². The maximum atomic E-state index is 13.6. The van der Waals surface area contributed by atoms with Gasteiger partial charge in [0.15, 0.2) is 5.58 Å². The summed E-state index contributed by atoms with van der Waals surface area (Å²) in [6, 6.07) is 4.38. The minimum atomic E-state index is -0.400. The van der Waals surface area contributed by atoms with Crippen molar-refractivity contribution in [1.29, 1.82) is 0 Å². The van der Waals surface area contributed by atoms with E-state index in [1.54, 1.807) is 11.0 Å². The quantitative estimate of drug-likeness (QED) is 0.708. The van der Waals surface area contributed by atoms with Gasteiger partial charge in [-0.05, 0) is 44.2 Å². The molecule has 0 radical (unpaired) electrons. The molecular weight excluding hydrogens is 385 g/mol. The molecule has 1 aliphatic carbocycles. The molecule has 2 amide bonds. The third-order valence-electron chi connectivity index (χ3n) is 7.26. The number of hydrogen-bond donors (Lipinski definition) is 0. The Morgan fingerprint density at radius 2 is 1.87 bits per heavy atom. The van der Waals surface area contributed by atoms with E-state index in [9.17, 15) is 14.0 Å². The van der Waals surface area contributed by atoms with Crippen molar-refractivity contribution in [2.45, 2.75) is 64.0 Å². The Bertz CT molecular complexity index is 968. The molecule has 3 aliphatic rings. The van der Waals surface area contributed by atoms with E-state index in [4.69, 9.17) is 4.52 Å². The molecule has 0 bridgehead atoms. The molecule has 7 heteroatoms. The molecule has 2 saturated heterocycles. The van der Waals surface area contributed by atoms with Crippen LogP contribution in [0, 0.1) is 17.7 Å². The van der Waals surface area contributed by atoms with Gasteiger partial charge in [0.05, 0.1) is 23.7 Å². The number of carbonyl (C=O) groups excluding carboxylic acids is 2. The number of carbonyl (C=O) groups is 2. The summed E-state index contributed by atoms with van der Waals surface area (Å²) in [5.74, 6) is -1.32. The van der Waals surface area contributed by atoms with Crippen LogP contribution >= 0.6 is 0 Å². The zero-order valence-corrected chi connectivity index (χ0v) is 17.3. The molecule has 1 aromatic carbocycles. The first-order valence-electron chi connectivity index (χ1n) is 11.3. The van der Waals surface area contributed by atoms with Gasteiger partial charge in [0, 0.05) is 30.5 Å². The first-order chi connectivity index (χ1) is 14.6. The summed E-state index contributed by atoms with van der Waals surface area (Å²) in [4.78, 5) is 30.9. The summed E-state index contributed by atoms with van der Waals surface area (Å²) in [5, 5.41) is 4.97. The molecule has 160 valence electrons. The Hall–Kier alpha value is -2.28. The lowest BCUT2D eigenvalue weighted by Gasteiger charge is -2.38. The molecule has 4 unspecified atom stereocenters. The largest absolute Gasteiger partial charge is 0.356 e. The van der Waals surface area contributed by atoms with Crippen LogP contribution in [0.25, 0.3) is 11.0 Å². The molecule has 3 heterocycles. The number of piperidine rings is 1.